The van der Waals surface area contributed by atoms with Crippen molar-refractivity contribution in [3.05, 3.63) is 57.6 Å². The van der Waals surface area contributed by atoms with Crippen LogP contribution in [0.15, 0.2) is 36.4 Å². The van der Waals surface area contributed by atoms with E-state index in [1.807, 2.05) is 0 Å². The first-order valence-electron chi connectivity index (χ1n) is 9.69. The minimum atomic E-state index is -0.817. The van der Waals surface area contributed by atoms with Crippen LogP contribution in [-0.2, 0) is 9.53 Å². The molecule has 0 aliphatic carbocycles. The monoisotopic (exact) mass is 443 g/mol. The first-order chi connectivity index (χ1) is 15.3. The molecular formula is C21H21N3O8. The number of fused-ring (bicyclic) bond motifs is 1. The Kier molecular flexibility index (Phi) is 6.88. The van der Waals surface area contributed by atoms with Gasteiger partial charge >= 0.3 is 5.97 Å². The van der Waals surface area contributed by atoms with Gasteiger partial charge in [0.25, 0.3) is 11.6 Å². The van der Waals surface area contributed by atoms with E-state index in [0.29, 0.717) is 30.4 Å². The first-order valence-corrected chi connectivity index (χ1v) is 9.69. The Bertz CT molecular complexity index is 1070. The predicted molar refractivity (Wildman–Crippen MR) is 112 cm³/mol. The van der Waals surface area contributed by atoms with Crippen LogP contribution in [0.25, 0.3) is 0 Å². The van der Waals surface area contributed by atoms with E-state index in [2.05, 4.69) is 10.1 Å². The Morgan fingerprint density at radius 1 is 1.09 bits per heavy atom. The summed E-state index contributed by atoms with van der Waals surface area (Å²) in [5.41, 5.74) is -0.213. The lowest BCUT2D eigenvalue weighted by molar-refractivity contribution is -0.384. The number of methoxy groups -OCH3 is 1. The third-order valence-corrected chi connectivity index (χ3v) is 4.63. The Morgan fingerprint density at radius 3 is 2.44 bits per heavy atom. The third-order valence-electron chi connectivity index (χ3n) is 4.63. The molecule has 0 saturated carbocycles. The highest BCUT2D eigenvalue weighted by Crippen LogP contribution is 2.32. The third kappa shape index (κ3) is 5.12. The smallest absolute Gasteiger partial charge is 0.338 e. The van der Waals surface area contributed by atoms with E-state index in [-0.39, 0.29) is 24.2 Å². The summed E-state index contributed by atoms with van der Waals surface area (Å²) in [7, 11) is 1.13. The lowest BCUT2D eigenvalue weighted by Gasteiger charge is -2.21. The Morgan fingerprint density at radius 2 is 1.78 bits per heavy atom. The first kappa shape index (κ1) is 22.5. The van der Waals surface area contributed by atoms with Crippen LogP contribution >= 0.6 is 0 Å². The van der Waals surface area contributed by atoms with Crippen molar-refractivity contribution in [3.63, 3.8) is 0 Å². The number of amides is 2. The number of nitrogens with zero attached hydrogens (tertiary/aromatic N) is 2. The Balaban J connectivity index is 1.75. The zero-order valence-corrected chi connectivity index (χ0v) is 17.5. The number of hydrogen-bond acceptors (Lipinski definition) is 8. The highest BCUT2D eigenvalue weighted by Gasteiger charge is 2.23. The zero-order chi connectivity index (χ0) is 23.3. The van der Waals surface area contributed by atoms with Crippen LogP contribution < -0.4 is 14.8 Å². The molecule has 11 nitrogen and oxygen atoms in total. The Labute approximate surface area is 183 Å². The second-order valence-electron chi connectivity index (χ2n) is 6.74. The summed E-state index contributed by atoms with van der Waals surface area (Å²) in [6.45, 7) is 2.36. The van der Waals surface area contributed by atoms with Gasteiger partial charge in [0, 0.05) is 36.0 Å². The van der Waals surface area contributed by atoms with Crippen LogP contribution in [0.1, 0.15) is 27.6 Å². The van der Waals surface area contributed by atoms with Gasteiger partial charge in [-0.3, -0.25) is 19.7 Å². The van der Waals surface area contributed by atoms with E-state index in [0.717, 1.165) is 19.2 Å². The number of carbonyl (C=O) groups excluding carboxylic acids is 3. The number of rotatable bonds is 7. The van der Waals surface area contributed by atoms with Gasteiger partial charge < -0.3 is 24.4 Å². The van der Waals surface area contributed by atoms with Gasteiger partial charge in [0.2, 0.25) is 5.91 Å². The molecule has 1 heterocycles. The number of carbonyl (C=O) groups is 3. The molecule has 0 fully saturated rings. The van der Waals surface area contributed by atoms with Crippen molar-refractivity contribution in [1.29, 1.82) is 0 Å². The standard InChI is InChI=1S/C21H21N3O8/c1-3-23(12-19(25)22-15-4-5-17-18(11-15)32-7-6-31-17)20(26)13-8-14(21(27)30-2)10-16(9-13)24(28)29/h4-5,8-11H,3,6-7,12H2,1-2H3,(H,22,25). The highest BCUT2D eigenvalue weighted by molar-refractivity contribution is 6.01. The molecule has 1 N–H and O–H groups in total. The van der Waals surface area contributed by atoms with Crippen LogP contribution in [0.5, 0.6) is 11.5 Å². The summed E-state index contributed by atoms with van der Waals surface area (Å²) >= 11 is 0. The molecule has 3 rings (SSSR count). The number of likely N-dealkylation sites (N-methyl/N-ethyl adjacent to an activating group) is 1. The molecule has 0 saturated heterocycles. The van der Waals surface area contributed by atoms with E-state index in [4.69, 9.17) is 9.47 Å². The maximum absolute atomic E-state index is 12.9. The molecule has 0 aromatic heterocycles. The largest absolute Gasteiger partial charge is 0.486 e. The summed E-state index contributed by atoms with van der Waals surface area (Å²) in [6.07, 6.45) is 0. The van der Waals surface area contributed by atoms with Crippen molar-refractivity contribution in [2.45, 2.75) is 6.92 Å². The number of hydrogen-bond donors (Lipinski definition) is 1. The maximum Gasteiger partial charge on any atom is 0.338 e. The van der Waals surface area contributed by atoms with E-state index >= 15 is 0 Å². The normalized spacial score (nSPS) is 11.9. The van der Waals surface area contributed by atoms with Crippen molar-refractivity contribution in [1.82, 2.24) is 4.90 Å². The number of anilines is 1. The SMILES string of the molecule is CCN(CC(=O)Nc1ccc2c(c1)OCCO2)C(=O)c1cc(C(=O)OC)cc([N+](=O)[O-])c1. The van der Waals surface area contributed by atoms with Gasteiger partial charge in [0.1, 0.15) is 19.8 Å². The molecule has 11 heteroatoms. The number of nitro benzene ring substituents is 1. The van der Waals surface area contributed by atoms with Crippen LogP contribution in [0, 0.1) is 10.1 Å². The minimum absolute atomic E-state index is 0.103. The summed E-state index contributed by atoms with van der Waals surface area (Å²) < 4.78 is 15.5. The van der Waals surface area contributed by atoms with Crippen molar-refractivity contribution in [2.24, 2.45) is 0 Å². The molecule has 2 aromatic carbocycles. The lowest BCUT2D eigenvalue weighted by atomic mass is 10.1. The van der Waals surface area contributed by atoms with Gasteiger partial charge in [-0.25, -0.2) is 4.79 Å². The summed E-state index contributed by atoms with van der Waals surface area (Å²) in [5.74, 6) is -0.854. The zero-order valence-electron chi connectivity index (χ0n) is 17.5. The van der Waals surface area contributed by atoms with Gasteiger partial charge in [-0.1, -0.05) is 0 Å². The second-order valence-corrected chi connectivity index (χ2v) is 6.74. The lowest BCUT2D eigenvalue weighted by Crippen LogP contribution is -2.38. The molecule has 2 aromatic rings. The summed E-state index contributed by atoms with van der Waals surface area (Å²) in [6, 6.07) is 8.21. The topological polar surface area (TPSA) is 137 Å². The molecule has 2 amide bonds. The van der Waals surface area contributed by atoms with Crippen molar-refractivity contribution >= 4 is 29.2 Å². The van der Waals surface area contributed by atoms with Gasteiger partial charge in [-0.2, -0.15) is 0 Å². The minimum Gasteiger partial charge on any atom is -0.486 e. The molecule has 32 heavy (non-hydrogen) atoms. The summed E-state index contributed by atoms with van der Waals surface area (Å²) in [4.78, 5) is 49.0. The number of esters is 1. The fourth-order valence-electron chi connectivity index (χ4n) is 3.08. The van der Waals surface area contributed by atoms with Gasteiger partial charge in [-0.15, -0.1) is 0 Å². The van der Waals surface area contributed by atoms with Gasteiger partial charge in [-0.05, 0) is 25.1 Å². The van der Waals surface area contributed by atoms with E-state index in [1.165, 1.54) is 11.0 Å². The molecular weight excluding hydrogens is 422 g/mol. The average Bonchev–Trinajstić information content (AvgIpc) is 2.81. The quantitative estimate of drug-likeness (QED) is 0.391. The predicted octanol–water partition coefficient (Wildman–Crippen LogP) is 2.25. The molecule has 168 valence electrons. The maximum atomic E-state index is 12.9. The number of non-ortho nitro benzene ring substituents is 1. The van der Waals surface area contributed by atoms with Gasteiger partial charge in [0.05, 0.1) is 17.6 Å². The van der Waals surface area contributed by atoms with Crippen molar-refractivity contribution < 1.29 is 33.5 Å². The number of benzene rings is 2. The molecule has 0 radical (unpaired) electrons. The van der Waals surface area contributed by atoms with Crippen molar-refractivity contribution in [2.75, 3.05) is 38.7 Å². The van der Waals surface area contributed by atoms with Crippen LogP contribution in [-0.4, -0.2) is 61.0 Å². The molecule has 0 bridgehead atoms. The fraction of sp³-hybridized carbons (Fsp3) is 0.286. The molecule has 0 unspecified atom stereocenters. The number of ether oxygens (including phenoxy) is 3. The molecule has 0 atom stereocenters. The summed E-state index contributed by atoms with van der Waals surface area (Å²) in [5, 5.41) is 13.9. The van der Waals surface area contributed by atoms with Crippen LogP contribution in [0.4, 0.5) is 11.4 Å². The molecule has 1 aliphatic rings. The van der Waals surface area contributed by atoms with E-state index in [1.54, 1.807) is 25.1 Å². The fourth-order valence-corrected chi connectivity index (χ4v) is 3.08. The molecule has 0 spiro atoms. The number of nitro groups is 1. The average molecular weight is 443 g/mol. The second kappa shape index (κ2) is 9.77. The number of nitrogens with one attached hydrogen (secondary N) is 1. The van der Waals surface area contributed by atoms with Crippen molar-refractivity contribution in [3.8, 4) is 11.5 Å². The van der Waals surface area contributed by atoms with E-state index < -0.39 is 28.4 Å². The molecule has 1 aliphatic heterocycles. The Hall–Kier alpha value is -4.15. The van der Waals surface area contributed by atoms with Gasteiger partial charge in [0.15, 0.2) is 11.5 Å². The van der Waals surface area contributed by atoms with Crippen LogP contribution in [0.2, 0.25) is 0 Å². The highest BCUT2D eigenvalue weighted by atomic mass is 16.6. The van der Waals surface area contributed by atoms with E-state index in [9.17, 15) is 24.5 Å². The van der Waals surface area contributed by atoms with Crippen LogP contribution in [0.3, 0.4) is 0 Å².